The summed E-state index contributed by atoms with van der Waals surface area (Å²) >= 11 is 0. The fourth-order valence-corrected chi connectivity index (χ4v) is 4.70. The predicted octanol–water partition coefficient (Wildman–Crippen LogP) is 6.79. The van der Waals surface area contributed by atoms with Crippen molar-refractivity contribution in [3.63, 3.8) is 0 Å². The van der Waals surface area contributed by atoms with Crippen LogP contribution in [0.5, 0.6) is 5.75 Å². The molecule has 1 fully saturated rings. The van der Waals surface area contributed by atoms with Crippen LogP contribution in [0.2, 0.25) is 0 Å². The molecule has 0 saturated heterocycles. The fourth-order valence-electron chi connectivity index (χ4n) is 4.70. The van der Waals surface area contributed by atoms with E-state index in [9.17, 15) is 19.1 Å². The summed E-state index contributed by atoms with van der Waals surface area (Å²) in [5.74, 6) is -1.64. The number of amides is 2. The number of nitrogens with one attached hydrogen (secondary N) is 1. The molecule has 0 aliphatic heterocycles. The Hall–Kier alpha value is -4.82. The third-order valence-electron chi connectivity index (χ3n) is 6.80. The van der Waals surface area contributed by atoms with E-state index >= 15 is 0 Å². The quantitative estimate of drug-likeness (QED) is 0.101. The van der Waals surface area contributed by atoms with Crippen LogP contribution in [-0.4, -0.2) is 35.0 Å². The second-order valence-corrected chi connectivity index (χ2v) is 9.46. The van der Waals surface area contributed by atoms with Gasteiger partial charge in [-0.15, -0.1) is 0 Å². The highest BCUT2D eigenvalue weighted by atomic mass is 19.1. The molecule has 1 aliphatic rings. The second kappa shape index (κ2) is 13.3. The highest BCUT2D eigenvalue weighted by molar-refractivity contribution is 6.08. The van der Waals surface area contributed by atoms with E-state index in [4.69, 9.17) is 10.3 Å². The monoisotopic (exact) mass is 543 g/mol. The van der Waals surface area contributed by atoms with Gasteiger partial charge in [-0.2, -0.15) is 0 Å². The number of aliphatic hydroxyl groups excluding tert-OH is 1. The number of methoxy groups -OCH3 is 1. The van der Waals surface area contributed by atoms with E-state index in [1.165, 1.54) is 43.5 Å². The zero-order valence-electron chi connectivity index (χ0n) is 22.1. The van der Waals surface area contributed by atoms with E-state index in [2.05, 4.69) is 15.3 Å². The first kappa shape index (κ1) is 28.2. The number of carbonyl (C=O) groups excluding carboxylic acids is 2. The van der Waals surface area contributed by atoms with Crippen molar-refractivity contribution in [3.8, 4) is 5.75 Å². The third-order valence-corrected chi connectivity index (χ3v) is 6.80. The number of azide groups is 1. The number of rotatable bonds is 9. The molecule has 40 heavy (non-hydrogen) atoms. The SMILES string of the molecule is COc1ccc(/C(O)=C(/C(=O)NC2CCCCC2)N(Cc2ccc(F)cc2)C(=O)c2ccccc2N=[N+]=[N-])cc1. The van der Waals surface area contributed by atoms with Gasteiger partial charge in [-0.1, -0.05) is 54.7 Å². The van der Waals surface area contributed by atoms with Gasteiger partial charge in [0.25, 0.3) is 11.8 Å². The van der Waals surface area contributed by atoms with Crippen molar-refractivity contribution >= 4 is 23.3 Å². The van der Waals surface area contributed by atoms with Crippen LogP contribution in [0.4, 0.5) is 10.1 Å². The predicted molar refractivity (Wildman–Crippen MR) is 149 cm³/mol. The van der Waals surface area contributed by atoms with Gasteiger partial charge in [0.2, 0.25) is 0 Å². The molecule has 3 aromatic carbocycles. The van der Waals surface area contributed by atoms with E-state index in [1.54, 1.807) is 36.4 Å². The van der Waals surface area contributed by atoms with Crippen LogP contribution in [0.25, 0.3) is 16.2 Å². The Morgan fingerprint density at radius 1 is 1.05 bits per heavy atom. The number of hydrogen-bond acceptors (Lipinski definition) is 5. The minimum atomic E-state index is -0.679. The molecule has 2 amide bonds. The molecule has 1 aliphatic carbocycles. The van der Waals surface area contributed by atoms with Crippen molar-refractivity contribution in [2.24, 2.45) is 5.11 Å². The summed E-state index contributed by atoms with van der Waals surface area (Å²) in [5.41, 5.74) is 9.68. The van der Waals surface area contributed by atoms with Gasteiger partial charge in [0.15, 0.2) is 11.5 Å². The fraction of sp³-hybridized carbons (Fsp3) is 0.267. The van der Waals surface area contributed by atoms with Crippen LogP contribution in [0.3, 0.4) is 0 Å². The lowest BCUT2D eigenvalue weighted by atomic mass is 9.95. The molecule has 9 nitrogen and oxygen atoms in total. The molecule has 206 valence electrons. The highest BCUT2D eigenvalue weighted by Crippen LogP contribution is 2.29. The number of benzene rings is 3. The second-order valence-electron chi connectivity index (χ2n) is 9.46. The Morgan fingerprint density at radius 3 is 2.38 bits per heavy atom. The Balaban J connectivity index is 1.87. The Bertz CT molecular complexity index is 1430. The molecule has 4 rings (SSSR count). The summed E-state index contributed by atoms with van der Waals surface area (Å²) in [6, 6.07) is 18.0. The van der Waals surface area contributed by atoms with Crippen molar-refractivity contribution in [2.75, 3.05) is 7.11 Å². The first-order valence-electron chi connectivity index (χ1n) is 13.0. The molecule has 0 spiro atoms. The van der Waals surface area contributed by atoms with E-state index < -0.39 is 23.4 Å². The van der Waals surface area contributed by atoms with Crippen LogP contribution >= 0.6 is 0 Å². The topological polar surface area (TPSA) is 128 Å². The van der Waals surface area contributed by atoms with Gasteiger partial charge in [0.05, 0.1) is 19.3 Å². The zero-order chi connectivity index (χ0) is 28.5. The molecule has 0 bridgehead atoms. The van der Waals surface area contributed by atoms with Crippen LogP contribution in [0.1, 0.15) is 53.6 Å². The Labute approximate surface area is 231 Å². The van der Waals surface area contributed by atoms with Gasteiger partial charge in [-0.3, -0.25) is 14.5 Å². The molecule has 0 heterocycles. The smallest absolute Gasteiger partial charge is 0.272 e. The molecular weight excluding hydrogens is 513 g/mol. The lowest BCUT2D eigenvalue weighted by Crippen LogP contribution is -2.43. The van der Waals surface area contributed by atoms with Crippen LogP contribution in [0.15, 0.2) is 83.6 Å². The summed E-state index contributed by atoms with van der Waals surface area (Å²) in [4.78, 5) is 32.0. The summed E-state index contributed by atoms with van der Waals surface area (Å²) in [5, 5.41) is 18.2. The molecule has 10 heteroatoms. The van der Waals surface area contributed by atoms with Crippen molar-refractivity contribution < 1.29 is 23.8 Å². The molecule has 0 aromatic heterocycles. The van der Waals surface area contributed by atoms with Gasteiger partial charge >= 0.3 is 0 Å². The number of hydrogen-bond donors (Lipinski definition) is 2. The summed E-state index contributed by atoms with van der Waals surface area (Å²) in [7, 11) is 1.51. The van der Waals surface area contributed by atoms with Gasteiger partial charge < -0.3 is 15.2 Å². The van der Waals surface area contributed by atoms with Gasteiger partial charge in [-0.25, -0.2) is 4.39 Å². The molecule has 0 atom stereocenters. The number of carbonyl (C=O) groups is 2. The van der Waals surface area contributed by atoms with Crippen LogP contribution in [-0.2, 0) is 11.3 Å². The van der Waals surface area contributed by atoms with Crippen LogP contribution < -0.4 is 10.1 Å². The number of aliphatic hydroxyl groups is 1. The van der Waals surface area contributed by atoms with Gasteiger partial charge in [-0.05, 0) is 66.4 Å². The van der Waals surface area contributed by atoms with Crippen molar-refractivity contribution in [1.82, 2.24) is 10.2 Å². The minimum absolute atomic E-state index is 0.0351. The van der Waals surface area contributed by atoms with E-state index in [0.717, 1.165) is 37.0 Å². The average Bonchev–Trinajstić information content (AvgIpc) is 2.98. The Kier molecular flexibility index (Phi) is 9.38. The summed E-state index contributed by atoms with van der Waals surface area (Å²) < 4.78 is 18.9. The van der Waals surface area contributed by atoms with Gasteiger partial charge in [0, 0.05) is 22.1 Å². The summed E-state index contributed by atoms with van der Waals surface area (Å²) in [6.45, 7) is -0.169. The minimum Gasteiger partial charge on any atom is -0.505 e. The molecular formula is C30H30FN5O4. The third kappa shape index (κ3) is 6.78. The van der Waals surface area contributed by atoms with Crippen LogP contribution in [0, 0.1) is 5.82 Å². The van der Waals surface area contributed by atoms with E-state index in [1.807, 2.05) is 0 Å². The van der Waals surface area contributed by atoms with Crippen molar-refractivity contribution in [3.05, 3.63) is 111 Å². The Morgan fingerprint density at radius 2 is 1.73 bits per heavy atom. The average molecular weight is 544 g/mol. The largest absolute Gasteiger partial charge is 0.505 e. The van der Waals surface area contributed by atoms with Crippen molar-refractivity contribution in [2.45, 2.75) is 44.7 Å². The maximum absolute atomic E-state index is 14.1. The van der Waals surface area contributed by atoms with E-state index in [-0.39, 0.29) is 35.1 Å². The van der Waals surface area contributed by atoms with Crippen molar-refractivity contribution in [1.29, 1.82) is 0 Å². The molecule has 3 aromatic rings. The molecule has 1 saturated carbocycles. The molecule has 0 unspecified atom stereocenters. The number of ether oxygens (including phenoxy) is 1. The first-order chi connectivity index (χ1) is 19.4. The molecule has 2 N–H and O–H groups in total. The first-order valence-corrected chi connectivity index (χ1v) is 13.0. The van der Waals surface area contributed by atoms with E-state index in [0.29, 0.717) is 11.3 Å². The number of halogens is 1. The molecule has 0 radical (unpaired) electrons. The lowest BCUT2D eigenvalue weighted by molar-refractivity contribution is -0.119. The zero-order valence-corrected chi connectivity index (χ0v) is 22.1. The summed E-state index contributed by atoms with van der Waals surface area (Å²) in [6.07, 6.45) is 4.58. The van der Waals surface area contributed by atoms with Gasteiger partial charge in [0.1, 0.15) is 11.6 Å². The highest BCUT2D eigenvalue weighted by Gasteiger charge is 2.31. The maximum Gasteiger partial charge on any atom is 0.272 e. The lowest BCUT2D eigenvalue weighted by Gasteiger charge is -2.29. The number of nitrogens with zero attached hydrogens (tertiary/aromatic N) is 4. The standard InChI is InChI=1S/C30H30FN5O4/c1-40-24-17-13-21(14-18-24)28(37)27(29(38)33-23-7-3-2-4-8-23)36(19-20-11-15-22(31)16-12-20)30(39)25-9-5-6-10-26(25)34-35-32/h5-6,9-18,23,37H,2-4,7-8,19H2,1H3,(H,33,38)/b28-27+. The maximum atomic E-state index is 14.1. The normalized spacial score (nSPS) is 13.9.